The quantitative estimate of drug-likeness (QED) is 0.316. The van der Waals surface area contributed by atoms with Crippen molar-refractivity contribution >= 4 is 7.41 Å². The van der Waals surface area contributed by atoms with Crippen LogP contribution in [0, 0.1) is 0 Å². The fourth-order valence-electron chi connectivity index (χ4n) is 0.780. The number of fused-ring (bicyclic) bond motifs is 1. The van der Waals surface area contributed by atoms with E-state index in [2.05, 4.69) is 24.8 Å². The molecule has 1 aliphatic heterocycles. The largest absolute Gasteiger partial charge is 0.354 e. The van der Waals surface area contributed by atoms with Gasteiger partial charge in [-0.15, -0.1) is 0 Å². The van der Waals surface area contributed by atoms with Crippen LogP contribution in [-0.2, 0) is 0 Å². The Kier molecular flexibility index (Phi) is 0.338. The molecule has 0 amide bonds. The van der Waals surface area contributed by atoms with Gasteiger partial charge in [-0.25, -0.2) is 0 Å². The molecular weight excluding hydrogens is 72.9 g/mol. The van der Waals surface area contributed by atoms with Crippen LogP contribution in [0.25, 0.3) is 0 Å². The lowest BCUT2D eigenvalue weighted by atomic mass is 9.56. The van der Waals surface area contributed by atoms with Crippen molar-refractivity contribution < 1.29 is 0 Å². The molecule has 0 aromatic carbocycles. The Morgan fingerprint density at radius 2 is 2.33 bits per heavy atom. The van der Waals surface area contributed by atoms with Crippen molar-refractivity contribution in [1.82, 2.24) is 5.23 Å². The van der Waals surface area contributed by atoms with Crippen LogP contribution in [0.15, 0.2) is 12.2 Å². The second-order valence-corrected chi connectivity index (χ2v) is 1.82. The highest BCUT2D eigenvalue weighted by molar-refractivity contribution is 6.41. The van der Waals surface area contributed by atoms with E-state index >= 15 is 0 Å². The van der Waals surface area contributed by atoms with Crippen LogP contribution in [0.4, 0.5) is 0 Å². The Labute approximate surface area is 37.7 Å². The monoisotopic (exact) mass is 78.1 g/mol. The number of rotatable bonds is 0. The highest BCUT2D eigenvalue weighted by Gasteiger charge is 2.32. The molecule has 29 valence electrons. The van der Waals surface area contributed by atoms with Crippen LogP contribution in [-0.4, -0.2) is 13.5 Å². The highest BCUT2D eigenvalue weighted by atomic mass is 14.9. The number of hydrogen-bond acceptors (Lipinski definition) is 1. The van der Waals surface area contributed by atoms with Gasteiger partial charge in [0.2, 0.25) is 7.41 Å². The molecule has 1 heterocycles. The lowest BCUT2D eigenvalue weighted by Gasteiger charge is -2.39. The van der Waals surface area contributed by atoms with Gasteiger partial charge in [0, 0.05) is 6.04 Å². The van der Waals surface area contributed by atoms with E-state index < -0.39 is 0 Å². The maximum Gasteiger partial charge on any atom is 0.215 e. The fraction of sp³-hybridized carbons (Fsp3) is 0.500. The van der Waals surface area contributed by atoms with Gasteiger partial charge in [0.15, 0.2) is 0 Å². The Balaban J connectivity index is 2.24. The van der Waals surface area contributed by atoms with Gasteiger partial charge in [0.1, 0.15) is 0 Å². The lowest BCUT2D eigenvalue weighted by Crippen LogP contribution is -2.54. The molecule has 2 unspecified atom stereocenters. The average Bonchev–Trinajstić information content (AvgIpc) is 1.54. The summed E-state index contributed by atoms with van der Waals surface area (Å²) < 4.78 is 0. The molecule has 0 bridgehead atoms. The van der Waals surface area contributed by atoms with Gasteiger partial charge in [-0.05, 0) is 5.82 Å². The second kappa shape index (κ2) is 0.708. The van der Waals surface area contributed by atoms with E-state index in [1.165, 1.54) is 0 Å². The summed E-state index contributed by atoms with van der Waals surface area (Å²) in [5, 5.41) is 3.13. The third kappa shape index (κ3) is 0.152. The van der Waals surface area contributed by atoms with E-state index in [0.29, 0.717) is 0 Å². The SMILES string of the molecule is [B]1NC2C=CC12. The summed E-state index contributed by atoms with van der Waals surface area (Å²) in [4.78, 5) is 0. The summed E-state index contributed by atoms with van der Waals surface area (Å²) in [6.45, 7) is 0. The van der Waals surface area contributed by atoms with Gasteiger partial charge in [-0.2, -0.15) is 0 Å². The number of nitrogens with one attached hydrogen (secondary N) is 1. The van der Waals surface area contributed by atoms with E-state index in [-0.39, 0.29) is 0 Å². The third-order valence-corrected chi connectivity index (χ3v) is 1.44. The molecular formula is C4H5BN. The maximum absolute atomic E-state index is 3.13. The van der Waals surface area contributed by atoms with Gasteiger partial charge >= 0.3 is 0 Å². The molecule has 2 atom stereocenters. The summed E-state index contributed by atoms with van der Waals surface area (Å²) in [6, 6.07) is 0.727. The average molecular weight is 77.9 g/mol. The summed E-state index contributed by atoms with van der Waals surface area (Å²) in [5.41, 5.74) is 0. The van der Waals surface area contributed by atoms with Gasteiger partial charge < -0.3 is 5.23 Å². The van der Waals surface area contributed by atoms with Crippen LogP contribution in [0.2, 0.25) is 5.82 Å². The Bertz CT molecular complexity index is 87.7. The molecule has 1 radical (unpaired) electrons. The molecule has 2 heteroatoms. The third-order valence-electron chi connectivity index (χ3n) is 1.44. The van der Waals surface area contributed by atoms with E-state index in [4.69, 9.17) is 0 Å². The Morgan fingerprint density at radius 1 is 1.50 bits per heavy atom. The first-order chi connectivity index (χ1) is 2.97. The first-order valence-corrected chi connectivity index (χ1v) is 2.24. The van der Waals surface area contributed by atoms with Gasteiger partial charge in [-0.1, -0.05) is 12.2 Å². The first kappa shape index (κ1) is 2.86. The lowest BCUT2D eigenvalue weighted by molar-refractivity contribution is 0.615. The Hall–Kier alpha value is -0.235. The predicted octanol–water partition coefficient (Wildman–Crippen LogP) is -0.0643. The standard InChI is InChI=1S/C4H5BN/c1-2-4-3(1)5-6-4/h1-4,6H. The van der Waals surface area contributed by atoms with E-state index in [1.54, 1.807) is 0 Å². The van der Waals surface area contributed by atoms with Crippen LogP contribution in [0.5, 0.6) is 0 Å². The zero-order valence-corrected chi connectivity index (χ0v) is 3.39. The van der Waals surface area contributed by atoms with Crippen molar-refractivity contribution in [2.75, 3.05) is 0 Å². The van der Waals surface area contributed by atoms with Crippen LogP contribution < -0.4 is 5.23 Å². The second-order valence-electron chi connectivity index (χ2n) is 1.82. The molecule has 0 spiro atoms. The highest BCUT2D eigenvalue weighted by Crippen LogP contribution is 2.28. The summed E-state index contributed by atoms with van der Waals surface area (Å²) in [6.07, 6.45) is 4.39. The minimum absolute atomic E-state index is 0.727. The molecule has 1 N–H and O–H groups in total. The fourth-order valence-corrected chi connectivity index (χ4v) is 0.780. The van der Waals surface area contributed by atoms with Crippen molar-refractivity contribution in [3.63, 3.8) is 0 Å². The number of hydrogen-bond donors (Lipinski definition) is 1. The molecule has 2 rings (SSSR count). The zero-order chi connectivity index (χ0) is 3.98. The van der Waals surface area contributed by atoms with Crippen molar-refractivity contribution in [2.24, 2.45) is 0 Å². The topological polar surface area (TPSA) is 12.0 Å². The van der Waals surface area contributed by atoms with Crippen molar-refractivity contribution in [1.29, 1.82) is 0 Å². The molecule has 1 nitrogen and oxygen atoms in total. The summed E-state index contributed by atoms with van der Waals surface area (Å²) in [5.74, 6) is 0.796. The van der Waals surface area contributed by atoms with Gasteiger partial charge in [0.25, 0.3) is 0 Å². The minimum Gasteiger partial charge on any atom is -0.354 e. The molecule has 0 aromatic heterocycles. The van der Waals surface area contributed by atoms with Crippen molar-refractivity contribution in [3.8, 4) is 0 Å². The van der Waals surface area contributed by atoms with Crippen LogP contribution in [0.3, 0.4) is 0 Å². The smallest absolute Gasteiger partial charge is 0.215 e. The minimum atomic E-state index is 0.727. The molecule has 0 saturated carbocycles. The van der Waals surface area contributed by atoms with E-state index in [1.807, 2.05) is 0 Å². The summed E-state index contributed by atoms with van der Waals surface area (Å²) in [7, 11) is 2.12. The predicted molar refractivity (Wildman–Crippen MR) is 25.6 cm³/mol. The summed E-state index contributed by atoms with van der Waals surface area (Å²) >= 11 is 0. The van der Waals surface area contributed by atoms with Crippen molar-refractivity contribution in [3.05, 3.63) is 12.2 Å². The van der Waals surface area contributed by atoms with E-state index in [9.17, 15) is 0 Å². The molecule has 1 saturated heterocycles. The Morgan fingerprint density at radius 3 is 2.33 bits per heavy atom. The van der Waals surface area contributed by atoms with Crippen molar-refractivity contribution in [2.45, 2.75) is 11.9 Å². The zero-order valence-electron chi connectivity index (χ0n) is 3.39. The molecule has 0 aromatic rings. The van der Waals surface area contributed by atoms with E-state index in [0.717, 1.165) is 11.9 Å². The molecule has 6 heavy (non-hydrogen) atoms. The molecule has 1 aliphatic carbocycles. The van der Waals surface area contributed by atoms with Gasteiger partial charge in [-0.3, -0.25) is 0 Å². The van der Waals surface area contributed by atoms with Crippen LogP contribution >= 0.6 is 0 Å². The normalized spacial score (nSPS) is 48.0. The molecule has 1 fully saturated rings. The van der Waals surface area contributed by atoms with Gasteiger partial charge in [0.05, 0.1) is 0 Å². The maximum atomic E-state index is 3.13. The molecule has 2 aliphatic rings. The van der Waals surface area contributed by atoms with Crippen LogP contribution in [0.1, 0.15) is 0 Å². The first-order valence-electron chi connectivity index (χ1n) is 2.24.